The van der Waals surface area contributed by atoms with Crippen LogP contribution in [0.3, 0.4) is 0 Å². The highest BCUT2D eigenvalue weighted by Crippen LogP contribution is 2.65. The van der Waals surface area contributed by atoms with Crippen LogP contribution in [0.5, 0.6) is 0 Å². The second-order valence-electron chi connectivity index (χ2n) is 11.4. The number of hydrogen-bond donors (Lipinski definition) is 1. The summed E-state index contributed by atoms with van der Waals surface area (Å²) in [6.45, 7) is 11.9. The normalized spacial score (nSPS) is 30.4. The van der Waals surface area contributed by atoms with E-state index in [0.29, 0.717) is 24.9 Å². The van der Waals surface area contributed by atoms with Crippen LogP contribution in [0.25, 0.3) is 10.8 Å². The Hall–Kier alpha value is -3.49. The standard InChI is InChI=1S/C32H38N2O6/c1-5-15-33(24-14-13-22-11-7-8-12-23(22)19-24)29(37)27-32-20-21(3)31(4,40-32)26(30(38)39-18-6-2)25(32)28(36)34(27)16-9-10-17-35/h5-8,11-14,19,21,25-27,35H,1-2,9-10,15-18,20H2,3-4H3/t21?,25-,26+,27?,31-,32?/m0/s1. The van der Waals surface area contributed by atoms with Gasteiger partial charge in [-0.05, 0) is 55.0 Å². The minimum Gasteiger partial charge on any atom is -0.461 e. The molecule has 3 saturated heterocycles. The van der Waals surface area contributed by atoms with Crippen molar-refractivity contribution in [2.45, 2.75) is 50.4 Å². The fourth-order valence-electron chi connectivity index (χ4n) is 7.19. The molecule has 6 atom stereocenters. The smallest absolute Gasteiger partial charge is 0.313 e. The van der Waals surface area contributed by atoms with E-state index in [1.54, 1.807) is 15.9 Å². The van der Waals surface area contributed by atoms with Gasteiger partial charge in [-0.3, -0.25) is 14.4 Å². The first-order valence-corrected chi connectivity index (χ1v) is 14.0. The highest BCUT2D eigenvalue weighted by Gasteiger charge is 2.80. The van der Waals surface area contributed by atoms with Crippen molar-refractivity contribution in [3.05, 3.63) is 67.8 Å². The van der Waals surface area contributed by atoms with Crippen molar-refractivity contribution in [1.82, 2.24) is 4.90 Å². The third-order valence-electron chi connectivity index (χ3n) is 9.08. The lowest BCUT2D eigenvalue weighted by atomic mass is 9.62. The lowest BCUT2D eigenvalue weighted by Gasteiger charge is -2.37. The van der Waals surface area contributed by atoms with E-state index < -0.39 is 35.0 Å². The van der Waals surface area contributed by atoms with Crippen molar-refractivity contribution in [1.29, 1.82) is 0 Å². The van der Waals surface area contributed by atoms with E-state index in [0.717, 1.165) is 10.8 Å². The first-order chi connectivity index (χ1) is 19.2. The molecular formula is C32H38N2O6. The van der Waals surface area contributed by atoms with E-state index in [4.69, 9.17) is 9.47 Å². The zero-order chi connectivity index (χ0) is 28.7. The van der Waals surface area contributed by atoms with Crippen molar-refractivity contribution < 1.29 is 29.0 Å². The summed E-state index contributed by atoms with van der Waals surface area (Å²) in [6, 6.07) is 12.8. The summed E-state index contributed by atoms with van der Waals surface area (Å²) in [5, 5.41) is 11.5. The maximum atomic E-state index is 14.7. The average Bonchev–Trinajstić information content (AvgIpc) is 3.46. The fraction of sp³-hybridized carbons (Fsp3) is 0.469. The van der Waals surface area contributed by atoms with Gasteiger partial charge in [0.25, 0.3) is 5.91 Å². The minimum atomic E-state index is -1.17. The Morgan fingerprint density at radius 2 is 1.93 bits per heavy atom. The van der Waals surface area contributed by atoms with Crippen LogP contribution in [-0.4, -0.2) is 71.3 Å². The van der Waals surface area contributed by atoms with Gasteiger partial charge in [-0.2, -0.15) is 0 Å². The molecule has 0 aliphatic carbocycles. The van der Waals surface area contributed by atoms with E-state index in [-0.39, 0.29) is 44.0 Å². The highest BCUT2D eigenvalue weighted by molar-refractivity contribution is 6.05. The number of aliphatic hydroxyl groups excluding tert-OH is 1. The predicted molar refractivity (Wildman–Crippen MR) is 152 cm³/mol. The summed E-state index contributed by atoms with van der Waals surface area (Å²) in [7, 11) is 0. The van der Waals surface area contributed by atoms with Gasteiger partial charge in [0.05, 0.1) is 11.5 Å². The number of anilines is 1. The molecule has 2 amide bonds. The molecule has 212 valence electrons. The van der Waals surface area contributed by atoms with Gasteiger partial charge in [0, 0.05) is 25.4 Å². The number of unbranched alkanes of at least 4 members (excludes halogenated alkanes) is 1. The number of amides is 2. The van der Waals surface area contributed by atoms with Crippen molar-refractivity contribution >= 4 is 34.2 Å². The molecule has 2 aromatic carbocycles. The number of carbonyl (C=O) groups excluding carboxylic acids is 3. The Labute approximate surface area is 235 Å². The van der Waals surface area contributed by atoms with Crippen LogP contribution in [0.2, 0.25) is 0 Å². The fourth-order valence-corrected chi connectivity index (χ4v) is 7.19. The van der Waals surface area contributed by atoms with Crippen LogP contribution in [0.1, 0.15) is 33.1 Å². The highest BCUT2D eigenvalue weighted by atomic mass is 16.6. The Kier molecular flexibility index (Phi) is 7.59. The van der Waals surface area contributed by atoms with Gasteiger partial charge in [-0.1, -0.05) is 56.0 Å². The maximum Gasteiger partial charge on any atom is 0.313 e. The second kappa shape index (κ2) is 10.8. The number of fused-ring (bicyclic) bond motifs is 2. The van der Waals surface area contributed by atoms with Crippen molar-refractivity contribution in [3.63, 3.8) is 0 Å². The largest absolute Gasteiger partial charge is 0.461 e. The average molecular weight is 547 g/mol. The first kappa shape index (κ1) is 28.1. The molecule has 8 heteroatoms. The topological polar surface area (TPSA) is 96.4 Å². The summed E-state index contributed by atoms with van der Waals surface area (Å²) in [6.07, 6.45) is 4.64. The summed E-state index contributed by atoms with van der Waals surface area (Å²) in [4.78, 5) is 45.5. The maximum absolute atomic E-state index is 14.7. The second-order valence-corrected chi connectivity index (χ2v) is 11.4. The number of nitrogens with zero attached hydrogens (tertiary/aromatic N) is 2. The number of ether oxygens (including phenoxy) is 2. The number of esters is 1. The SMILES string of the molecule is C=CCOC(=O)[C@H]1[C@H]2C(=O)N(CCCCO)C(C(=O)N(CC=C)c3ccc4ccccc4c3)C23CC(C)[C@]1(C)O3. The van der Waals surface area contributed by atoms with Crippen molar-refractivity contribution in [2.24, 2.45) is 17.8 Å². The van der Waals surface area contributed by atoms with E-state index in [2.05, 4.69) is 13.2 Å². The summed E-state index contributed by atoms with van der Waals surface area (Å²) >= 11 is 0. The van der Waals surface area contributed by atoms with Crippen LogP contribution >= 0.6 is 0 Å². The van der Waals surface area contributed by atoms with Crippen LogP contribution in [0.15, 0.2) is 67.8 Å². The third kappa shape index (κ3) is 4.25. The molecule has 3 fully saturated rings. The Morgan fingerprint density at radius 1 is 1.18 bits per heavy atom. The molecule has 3 unspecified atom stereocenters. The minimum absolute atomic E-state index is 0.0169. The first-order valence-electron chi connectivity index (χ1n) is 14.0. The zero-order valence-corrected chi connectivity index (χ0v) is 23.3. The van der Waals surface area contributed by atoms with Crippen LogP contribution in [0.4, 0.5) is 5.69 Å². The molecule has 8 nitrogen and oxygen atoms in total. The van der Waals surface area contributed by atoms with E-state index in [9.17, 15) is 19.5 Å². The van der Waals surface area contributed by atoms with Gasteiger partial charge in [-0.15, -0.1) is 6.58 Å². The third-order valence-corrected chi connectivity index (χ3v) is 9.08. The molecule has 3 heterocycles. The monoisotopic (exact) mass is 546 g/mol. The van der Waals surface area contributed by atoms with Crippen molar-refractivity contribution in [2.75, 3.05) is 31.2 Å². The van der Waals surface area contributed by atoms with Crippen LogP contribution in [-0.2, 0) is 23.9 Å². The molecule has 3 aliphatic rings. The molecule has 1 N–H and O–H groups in total. The number of hydrogen-bond acceptors (Lipinski definition) is 6. The van der Waals surface area contributed by atoms with E-state index in [1.165, 1.54) is 6.08 Å². The van der Waals surface area contributed by atoms with E-state index in [1.807, 2.05) is 56.3 Å². The lowest BCUT2D eigenvalue weighted by Crippen LogP contribution is -2.57. The molecule has 3 aliphatic heterocycles. The Balaban J connectivity index is 1.59. The molecule has 2 bridgehead atoms. The molecule has 40 heavy (non-hydrogen) atoms. The van der Waals surface area contributed by atoms with Gasteiger partial charge in [-0.25, -0.2) is 0 Å². The quantitative estimate of drug-likeness (QED) is 0.261. The Morgan fingerprint density at radius 3 is 2.62 bits per heavy atom. The van der Waals surface area contributed by atoms with Crippen molar-refractivity contribution in [3.8, 4) is 0 Å². The summed E-state index contributed by atoms with van der Waals surface area (Å²) in [5.74, 6) is -2.81. The van der Waals surface area contributed by atoms with Crippen LogP contribution in [0, 0.1) is 17.8 Å². The van der Waals surface area contributed by atoms with Gasteiger partial charge in [0.2, 0.25) is 5.91 Å². The number of benzene rings is 2. The number of likely N-dealkylation sites (tertiary alicyclic amines) is 1. The Bertz CT molecular complexity index is 1340. The molecule has 5 rings (SSSR count). The van der Waals surface area contributed by atoms with Crippen LogP contribution < -0.4 is 4.90 Å². The van der Waals surface area contributed by atoms with Gasteiger partial charge >= 0.3 is 5.97 Å². The molecule has 1 spiro atoms. The van der Waals surface area contributed by atoms with Gasteiger partial charge in [0.1, 0.15) is 24.2 Å². The lowest BCUT2D eigenvalue weighted by molar-refractivity contribution is -0.160. The molecule has 0 saturated carbocycles. The van der Waals surface area contributed by atoms with Gasteiger partial charge in [0.15, 0.2) is 0 Å². The molecular weight excluding hydrogens is 508 g/mol. The van der Waals surface area contributed by atoms with Gasteiger partial charge < -0.3 is 24.4 Å². The zero-order valence-electron chi connectivity index (χ0n) is 23.3. The molecule has 2 aromatic rings. The van der Waals surface area contributed by atoms with E-state index >= 15 is 0 Å². The molecule has 0 aromatic heterocycles. The number of carbonyl (C=O) groups is 3. The number of aliphatic hydroxyl groups is 1. The number of rotatable bonds is 11. The summed E-state index contributed by atoms with van der Waals surface area (Å²) < 4.78 is 12.2. The predicted octanol–water partition coefficient (Wildman–Crippen LogP) is 3.87. The summed E-state index contributed by atoms with van der Waals surface area (Å²) in [5.41, 5.74) is -1.42. The molecule has 0 radical (unpaired) electrons.